The molecule has 3 heterocycles. The number of hydrogen-bond acceptors (Lipinski definition) is 5. The standard InChI is InChI=1S/C29H36N2O5/c1-20-10-12-23(13-11-20)26(30-28(34)36-29(2,3)4)27(33)35-25-19-31(16-14-22(25)15-17-31)18-24(32)21-8-6-5-7-9-21/h5-13,22,25-26H,14-19H2,1-4H3/p+1. The van der Waals surface area contributed by atoms with Crippen LogP contribution in [0.2, 0.25) is 0 Å². The number of fused-ring (bicyclic) bond motifs is 3. The minimum absolute atomic E-state index is 0.116. The van der Waals surface area contributed by atoms with Crippen LogP contribution in [0.15, 0.2) is 54.6 Å². The Labute approximate surface area is 213 Å². The number of ether oxygens (including phenoxy) is 2. The maximum Gasteiger partial charge on any atom is 0.408 e. The number of amides is 1. The lowest BCUT2D eigenvalue weighted by atomic mass is 9.82. The van der Waals surface area contributed by atoms with Gasteiger partial charge in [-0.3, -0.25) is 4.79 Å². The molecule has 0 radical (unpaired) electrons. The number of nitrogens with one attached hydrogen (secondary N) is 1. The number of aryl methyl sites for hydroxylation is 1. The molecule has 3 aliphatic rings. The summed E-state index contributed by atoms with van der Waals surface area (Å²) in [6, 6.07) is 15.8. The molecule has 3 fully saturated rings. The number of Topliss-reactive ketones (excluding diaryl/α,β-unsaturated/α-hetero) is 1. The lowest BCUT2D eigenvalue weighted by Crippen LogP contribution is -2.66. The van der Waals surface area contributed by atoms with Gasteiger partial charge in [-0.2, -0.15) is 0 Å². The van der Waals surface area contributed by atoms with Crippen molar-refractivity contribution in [2.24, 2.45) is 5.92 Å². The number of carbonyl (C=O) groups is 3. The van der Waals surface area contributed by atoms with Crippen molar-refractivity contribution in [3.8, 4) is 0 Å². The average molecular weight is 494 g/mol. The van der Waals surface area contributed by atoms with Gasteiger partial charge < -0.3 is 19.3 Å². The Balaban J connectivity index is 1.48. The molecule has 0 aliphatic carbocycles. The van der Waals surface area contributed by atoms with E-state index in [1.54, 1.807) is 20.8 Å². The van der Waals surface area contributed by atoms with Crippen molar-refractivity contribution in [1.29, 1.82) is 0 Å². The molecule has 36 heavy (non-hydrogen) atoms. The highest BCUT2D eigenvalue weighted by molar-refractivity contribution is 5.97. The first-order chi connectivity index (χ1) is 17.0. The normalized spacial score (nSPS) is 24.0. The van der Waals surface area contributed by atoms with E-state index in [1.807, 2.05) is 61.5 Å². The van der Waals surface area contributed by atoms with Gasteiger partial charge in [0.25, 0.3) is 0 Å². The van der Waals surface area contributed by atoms with Crippen LogP contribution in [0.4, 0.5) is 4.79 Å². The summed E-state index contributed by atoms with van der Waals surface area (Å²) in [6.45, 7) is 10.1. The van der Waals surface area contributed by atoms with Gasteiger partial charge in [-0.15, -0.1) is 0 Å². The molecule has 5 rings (SSSR count). The van der Waals surface area contributed by atoms with E-state index < -0.39 is 23.7 Å². The number of hydrogen-bond donors (Lipinski definition) is 1. The fraction of sp³-hybridized carbons (Fsp3) is 0.483. The summed E-state index contributed by atoms with van der Waals surface area (Å²) < 4.78 is 12.1. The van der Waals surface area contributed by atoms with Crippen LogP contribution in [0.3, 0.4) is 0 Å². The van der Waals surface area contributed by atoms with E-state index in [4.69, 9.17) is 9.47 Å². The molecule has 0 saturated carbocycles. The molecule has 2 bridgehead atoms. The van der Waals surface area contributed by atoms with Gasteiger partial charge in [-0.25, -0.2) is 9.59 Å². The van der Waals surface area contributed by atoms with E-state index in [9.17, 15) is 14.4 Å². The molecule has 0 aromatic heterocycles. The number of piperidine rings is 3. The van der Waals surface area contributed by atoms with Crippen molar-refractivity contribution in [1.82, 2.24) is 5.32 Å². The van der Waals surface area contributed by atoms with Gasteiger partial charge in [0.05, 0.1) is 13.1 Å². The summed E-state index contributed by atoms with van der Waals surface area (Å²) in [4.78, 5) is 39.0. The smallest absolute Gasteiger partial charge is 0.408 e. The van der Waals surface area contributed by atoms with Crippen LogP contribution in [0.5, 0.6) is 0 Å². The number of ketones is 1. The van der Waals surface area contributed by atoms with Crippen LogP contribution in [-0.4, -0.2) is 60.2 Å². The molecule has 3 saturated heterocycles. The zero-order valence-corrected chi connectivity index (χ0v) is 21.7. The molecule has 7 heteroatoms. The molecule has 1 N–H and O–H groups in total. The Morgan fingerprint density at radius 3 is 2.25 bits per heavy atom. The third kappa shape index (κ3) is 6.32. The number of rotatable bonds is 7. The summed E-state index contributed by atoms with van der Waals surface area (Å²) in [5, 5.41) is 2.71. The minimum Gasteiger partial charge on any atom is -0.454 e. The molecular formula is C29H37N2O5+. The van der Waals surface area contributed by atoms with Gasteiger partial charge in [0.15, 0.2) is 12.1 Å². The monoisotopic (exact) mass is 493 g/mol. The fourth-order valence-corrected chi connectivity index (χ4v) is 5.28. The number of quaternary nitrogens is 1. The second-order valence-electron chi connectivity index (χ2n) is 11.2. The first-order valence-electron chi connectivity index (χ1n) is 12.7. The van der Waals surface area contributed by atoms with Crippen LogP contribution in [-0.2, 0) is 14.3 Å². The zero-order valence-electron chi connectivity index (χ0n) is 21.7. The SMILES string of the molecule is Cc1ccc(C(NC(=O)OC(C)(C)C)C(=O)OC2C[N+]3(CC(=O)c4ccccc4)CCC2CC3)cc1. The van der Waals surface area contributed by atoms with Gasteiger partial charge >= 0.3 is 12.1 Å². The van der Waals surface area contributed by atoms with E-state index in [0.29, 0.717) is 28.7 Å². The minimum atomic E-state index is -0.977. The Kier molecular flexibility index (Phi) is 7.50. The van der Waals surface area contributed by atoms with E-state index in [0.717, 1.165) is 31.5 Å². The lowest BCUT2D eigenvalue weighted by molar-refractivity contribution is -0.938. The van der Waals surface area contributed by atoms with Crippen LogP contribution in [0.25, 0.3) is 0 Å². The molecule has 1 amide bonds. The van der Waals surface area contributed by atoms with Crippen molar-refractivity contribution in [3.63, 3.8) is 0 Å². The highest BCUT2D eigenvalue weighted by atomic mass is 16.6. The zero-order chi connectivity index (χ0) is 25.9. The molecule has 3 aliphatic heterocycles. The molecule has 2 aromatic rings. The third-order valence-corrected chi connectivity index (χ3v) is 7.19. The average Bonchev–Trinajstić information content (AvgIpc) is 2.83. The van der Waals surface area contributed by atoms with Gasteiger partial charge in [0, 0.05) is 24.3 Å². The predicted octanol–water partition coefficient (Wildman–Crippen LogP) is 4.60. The number of nitrogens with zero attached hydrogens (tertiary/aromatic N) is 1. The molecule has 0 spiro atoms. The summed E-state index contributed by atoms with van der Waals surface area (Å²) in [6.07, 6.45) is 0.858. The van der Waals surface area contributed by atoms with Crippen LogP contribution in [0, 0.1) is 12.8 Å². The summed E-state index contributed by atoms with van der Waals surface area (Å²) in [5.74, 6) is -0.123. The molecule has 192 valence electrons. The van der Waals surface area contributed by atoms with Gasteiger partial charge in [0.2, 0.25) is 5.78 Å². The molecule has 2 atom stereocenters. The topological polar surface area (TPSA) is 81.7 Å². The van der Waals surface area contributed by atoms with Crippen molar-refractivity contribution in [2.75, 3.05) is 26.2 Å². The Bertz CT molecular complexity index is 1080. The predicted molar refractivity (Wildman–Crippen MR) is 136 cm³/mol. The quantitative estimate of drug-likeness (QED) is 0.346. The van der Waals surface area contributed by atoms with Crippen molar-refractivity contribution >= 4 is 17.8 Å². The molecule has 2 unspecified atom stereocenters. The first kappa shape index (κ1) is 25.9. The van der Waals surface area contributed by atoms with E-state index in [2.05, 4.69) is 5.32 Å². The Hall–Kier alpha value is -3.19. The third-order valence-electron chi connectivity index (χ3n) is 7.19. The number of benzene rings is 2. The maximum absolute atomic E-state index is 13.5. The summed E-state index contributed by atoms with van der Waals surface area (Å²) in [5.41, 5.74) is 1.71. The van der Waals surface area contributed by atoms with Crippen LogP contribution < -0.4 is 5.32 Å². The first-order valence-corrected chi connectivity index (χ1v) is 12.7. The Morgan fingerprint density at radius 2 is 1.64 bits per heavy atom. The van der Waals surface area contributed by atoms with Gasteiger partial charge in [-0.1, -0.05) is 60.2 Å². The molecule has 7 nitrogen and oxygen atoms in total. The van der Waals surface area contributed by atoms with Crippen molar-refractivity contribution < 1.29 is 28.3 Å². The second kappa shape index (κ2) is 10.4. The van der Waals surface area contributed by atoms with Crippen LogP contribution >= 0.6 is 0 Å². The number of carbonyl (C=O) groups excluding carboxylic acids is 3. The second-order valence-corrected chi connectivity index (χ2v) is 11.2. The summed E-state index contributed by atoms with van der Waals surface area (Å²) in [7, 11) is 0. The summed E-state index contributed by atoms with van der Waals surface area (Å²) >= 11 is 0. The van der Waals surface area contributed by atoms with Crippen molar-refractivity contribution in [2.45, 2.75) is 58.3 Å². The fourth-order valence-electron chi connectivity index (χ4n) is 5.28. The van der Waals surface area contributed by atoms with E-state index in [-0.39, 0.29) is 17.8 Å². The van der Waals surface area contributed by atoms with Crippen molar-refractivity contribution in [3.05, 3.63) is 71.3 Å². The lowest BCUT2D eigenvalue weighted by Gasteiger charge is -2.51. The Morgan fingerprint density at radius 1 is 1.00 bits per heavy atom. The highest BCUT2D eigenvalue weighted by Crippen LogP contribution is 2.36. The van der Waals surface area contributed by atoms with E-state index >= 15 is 0 Å². The maximum atomic E-state index is 13.5. The molecule has 2 aromatic carbocycles. The number of esters is 1. The van der Waals surface area contributed by atoms with Crippen LogP contribution in [0.1, 0.15) is 61.1 Å². The molecular weight excluding hydrogens is 456 g/mol. The van der Waals surface area contributed by atoms with Gasteiger partial charge in [-0.05, 0) is 33.3 Å². The van der Waals surface area contributed by atoms with Gasteiger partial charge in [0.1, 0.15) is 18.7 Å². The highest BCUT2D eigenvalue weighted by Gasteiger charge is 2.49. The largest absolute Gasteiger partial charge is 0.454 e. The number of alkyl carbamates (subject to hydrolysis) is 1. The van der Waals surface area contributed by atoms with E-state index in [1.165, 1.54) is 0 Å².